The molecule has 0 radical (unpaired) electrons. The fraction of sp³-hybridized carbons (Fsp3) is 0.500. The Hall–Kier alpha value is -1.95. The summed E-state index contributed by atoms with van der Waals surface area (Å²) in [5.41, 5.74) is 3.72. The fourth-order valence-corrected chi connectivity index (χ4v) is 4.47. The third-order valence-electron chi connectivity index (χ3n) is 6.05. The second-order valence-electron chi connectivity index (χ2n) is 8.90. The van der Waals surface area contributed by atoms with Crippen molar-refractivity contribution in [3.8, 4) is 0 Å². The summed E-state index contributed by atoms with van der Waals surface area (Å²) in [6, 6.07) is 14.6. The molecule has 0 N–H and O–H groups in total. The number of hydrogen-bond acceptors (Lipinski definition) is 3. The van der Waals surface area contributed by atoms with Gasteiger partial charge in [-0.15, -0.1) is 0 Å². The van der Waals surface area contributed by atoms with Crippen molar-refractivity contribution in [2.24, 2.45) is 0 Å². The molecule has 2 aromatic rings. The summed E-state index contributed by atoms with van der Waals surface area (Å²) in [5, 5.41) is 0. The Labute approximate surface area is 202 Å². The molecule has 0 bridgehead atoms. The average molecular weight is 474 g/mol. The summed E-state index contributed by atoms with van der Waals surface area (Å²) in [5.74, 6) is 0. The van der Waals surface area contributed by atoms with Gasteiger partial charge in [0.1, 0.15) is 16.7 Å². The Morgan fingerprint density at radius 1 is 0.848 bits per heavy atom. The second-order valence-corrected chi connectivity index (χ2v) is 10.3. The first-order valence-electron chi connectivity index (χ1n) is 12.3. The molecule has 5 heteroatoms. The minimum atomic E-state index is -4.27. The van der Waals surface area contributed by atoms with Crippen LogP contribution in [-0.2, 0) is 16.7 Å². The SMILES string of the molecule is C=Cc1ccccc1C[N+](CCCC)(CCCC)CCCC.Cc1ccc(S(=O)(=O)[O-])cc1. The summed E-state index contributed by atoms with van der Waals surface area (Å²) in [6.45, 7) is 17.9. The van der Waals surface area contributed by atoms with Crippen LogP contribution in [0.5, 0.6) is 0 Å². The maximum atomic E-state index is 10.4. The molecule has 33 heavy (non-hydrogen) atoms. The van der Waals surface area contributed by atoms with Gasteiger partial charge in [-0.05, 0) is 43.9 Å². The molecule has 0 heterocycles. The van der Waals surface area contributed by atoms with Crippen LogP contribution in [0, 0.1) is 6.92 Å². The zero-order chi connectivity index (χ0) is 24.7. The minimum Gasteiger partial charge on any atom is -0.744 e. The molecule has 2 aromatic carbocycles. The summed E-state index contributed by atoms with van der Waals surface area (Å²) < 4.78 is 32.4. The standard InChI is InChI=1S/C21H36N.C7H8O3S/c1-5-9-16-22(17-10-6-2,18-11-7-3)19-21-15-13-12-14-20(21)8-4;1-6-2-4-7(5-3-6)11(8,9)10/h8,12-15H,4-7,9-11,16-19H2,1-3H3;2-5H,1H3,(H,8,9,10)/q+1;/p-1. The number of aryl methyl sites for hydroxylation is 1. The van der Waals surface area contributed by atoms with Crippen LogP contribution in [0.4, 0.5) is 0 Å². The molecule has 0 aliphatic rings. The van der Waals surface area contributed by atoms with Crippen LogP contribution in [-0.4, -0.2) is 37.1 Å². The molecule has 0 amide bonds. The number of hydrogen-bond donors (Lipinski definition) is 0. The van der Waals surface area contributed by atoms with Crippen molar-refractivity contribution in [3.05, 3.63) is 71.8 Å². The molecule has 0 fully saturated rings. The Bertz CT molecular complexity index is 899. The summed E-state index contributed by atoms with van der Waals surface area (Å²) in [4.78, 5) is -0.178. The molecule has 0 unspecified atom stereocenters. The van der Waals surface area contributed by atoms with E-state index in [1.807, 2.05) is 13.0 Å². The molecule has 0 spiro atoms. The van der Waals surface area contributed by atoms with Crippen molar-refractivity contribution in [2.45, 2.75) is 77.7 Å². The highest BCUT2D eigenvalue weighted by atomic mass is 32.2. The summed E-state index contributed by atoms with van der Waals surface area (Å²) >= 11 is 0. The van der Waals surface area contributed by atoms with Gasteiger partial charge >= 0.3 is 0 Å². The van der Waals surface area contributed by atoms with E-state index >= 15 is 0 Å². The lowest BCUT2D eigenvalue weighted by atomic mass is 10.0. The number of benzene rings is 2. The minimum absolute atomic E-state index is 0.178. The molecule has 0 saturated heterocycles. The van der Waals surface area contributed by atoms with Crippen LogP contribution >= 0.6 is 0 Å². The van der Waals surface area contributed by atoms with Crippen molar-refractivity contribution in [2.75, 3.05) is 19.6 Å². The number of rotatable bonds is 13. The van der Waals surface area contributed by atoms with Crippen molar-refractivity contribution < 1.29 is 17.5 Å². The van der Waals surface area contributed by atoms with Gasteiger partial charge in [0.25, 0.3) is 0 Å². The second kappa shape index (κ2) is 15.0. The Balaban J connectivity index is 0.000000412. The number of quaternary nitrogens is 1. The van der Waals surface area contributed by atoms with Gasteiger partial charge in [0.2, 0.25) is 0 Å². The van der Waals surface area contributed by atoms with Crippen LogP contribution in [0.3, 0.4) is 0 Å². The fourth-order valence-electron chi connectivity index (χ4n) is 4.00. The van der Waals surface area contributed by atoms with Gasteiger partial charge in [0, 0.05) is 5.56 Å². The smallest absolute Gasteiger partial charge is 0.124 e. The third kappa shape index (κ3) is 10.7. The summed E-state index contributed by atoms with van der Waals surface area (Å²) in [6.07, 6.45) is 9.91. The molecule has 0 aliphatic carbocycles. The molecule has 4 nitrogen and oxygen atoms in total. The van der Waals surface area contributed by atoms with E-state index in [2.05, 4.69) is 51.6 Å². The molecule has 0 saturated carbocycles. The predicted octanol–water partition coefficient (Wildman–Crippen LogP) is 6.95. The van der Waals surface area contributed by atoms with Crippen molar-refractivity contribution in [1.82, 2.24) is 0 Å². The van der Waals surface area contributed by atoms with Crippen molar-refractivity contribution >= 4 is 16.2 Å². The zero-order valence-corrected chi connectivity index (χ0v) is 21.9. The van der Waals surface area contributed by atoms with E-state index in [9.17, 15) is 13.0 Å². The van der Waals surface area contributed by atoms with Crippen LogP contribution in [0.2, 0.25) is 0 Å². The zero-order valence-electron chi connectivity index (χ0n) is 21.1. The Morgan fingerprint density at radius 2 is 1.33 bits per heavy atom. The number of nitrogens with zero attached hydrogens (tertiary/aromatic N) is 1. The molecule has 184 valence electrons. The van der Waals surface area contributed by atoms with Gasteiger partial charge in [0.15, 0.2) is 0 Å². The molecular formula is C28H43NO3S. The molecule has 0 atom stereocenters. The third-order valence-corrected chi connectivity index (χ3v) is 6.90. The molecule has 2 rings (SSSR count). The van der Waals surface area contributed by atoms with Gasteiger partial charge in [-0.25, -0.2) is 8.42 Å². The van der Waals surface area contributed by atoms with Crippen LogP contribution < -0.4 is 0 Å². The van der Waals surface area contributed by atoms with Crippen LogP contribution in [0.1, 0.15) is 76.0 Å². The molecule has 0 aliphatic heterocycles. The largest absolute Gasteiger partial charge is 0.744 e. The average Bonchev–Trinajstić information content (AvgIpc) is 2.80. The highest BCUT2D eigenvalue weighted by Crippen LogP contribution is 2.22. The van der Waals surface area contributed by atoms with Gasteiger partial charge in [0.05, 0.1) is 24.5 Å². The first kappa shape index (κ1) is 29.1. The maximum absolute atomic E-state index is 10.4. The lowest BCUT2D eigenvalue weighted by Gasteiger charge is -2.39. The molecular weight excluding hydrogens is 430 g/mol. The first-order chi connectivity index (χ1) is 15.7. The predicted molar refractivity (Wildman–Crippen MR) is 139 cm³/mol. The van der Waals surface area contributed by atoms with Crippen LogP contribution in [0.25, 0.3) is 6.08 Å². The van der Waals surface area contributed by atoms with Gasteiger partial charge < -0.3 is 9.04 Å². The van der Waals surface area contributed by atoms with Crippen LogP contribution in [0.15, 0.2) is 60.0 Å². The Kier molecular flexibility index (Phi) is 13.3. The summed E-state index contributed by atoms with van der Waals surface area (Å²) in [7, 11) is -4.27. The Morgan fingerprint density at radius 3 is 1.76 bits per heavy atom. The van der Waals surface area contributed by atoms with E-state index in [4.69, 9.17) is 0 Å². The van der Waals surface area contributed by atoms with Crippen molar-refractivity contribution in [3.63, 3.8) is 0 Å². The maximum Gasteiger partial charge on any atom is 0.124 e. The number of unbranched alkanes of at least 4 members (excludes halogenated alkanes) is 3. The molecule has 0 aromatic heterocycles. The van der Waals surface area contributed by atoms with Gasteiger partial charge in [-0.2, -0.15) is 0 Å². The highest BCUT2D eigenvalue weighted by molar-refractivity contribution is 7.85. The quantitative estimate of drug-likeness (QED) is 0.234. The topological polar surface area (TPSA) is 57.2 Å². The van der Waals surface area contributed by atoms with Gasteiger partial charge in [-0.3, -0.25) is 0 Å². The van der Waals surface area contributed by atoms with E-state index in [0.717, 1.165) is 5.56 Å². The van der Waals surface area contributed by atoms with E-state index < -0.39 is 10.1 Å². The normalized spacial score (nSPS) is 11.5. The monoisotopic (exact) mass is 473 g/mol. The van der Waals surface area contributed by atoms with E-state index in [-0.39, 0.29) is 4.90 Å². The van der Waals surface area contributed by atoms with Gasteiger partial charge in [-0.1, -0.05) is 94.7 Å². The first-order valence-corrected chi connectivity index (χ1v) is 13.7. The lowest BCUT2D eigenvalue weighted by molar-refractivity contribution is -0.941. The van der Waals surface area contributed by atoms with E-state index in [1.54, 1.807) is 12.1 Å². The highest BCUT2D eigenvalue weighted by Gasteiger charge is 2.26. The van der Waals surface area contributed by atoms with E-state index in [1.165, 1.54) is 92.4 Å². The van der Waals surface area contributed by atoms with Crippen molar-refractivity contribution in [1.29, 1.82) is 0 Å². The lowest BCUT2D eigenvalue weighted by Crippen LogP contribution is -2.49. The van der Waals surface area contributed by atoms with E-state index in [0.29, 0.717) is 0 Å².